The van der Waals surface area contributed by atoms with Crippen molar-refractivity contribution in [1.82, 2.24) is 4.57 Å². The van der Waals surface area contributed by atoms with Crippen LogP contribution in [0.5, 0.6) is 0 Å². The van der Waals surface area contributed by atoms with Crippen molar-refractivity contribution in [1.29, 1.82) is 0 Å². The maximum atomic E-state index is 8.96. The summed E-state index contributed by atoms with van der Waals surface area (Å²) in [5.41, 5.74) is 11.5. The maximum Gasteiger partial charge on any atom is 0.0645 e. The number of hydrogen-bond donors (Lipinski definition) is 0. The Morgan fingerprint density at radius 3 is 1.33 bits per heavy atom. The molecule has 1 aliphatic heterocycles. The van der Waals surface area contributed by atoms with Gasteiger partial charge in [0.1, 0.15) is 0 Å². The third-order valence-corrected chi connectivity index (χ3v) is 9.72. The smallest absolute Gasteiger partial charge is 0.0645 e. The number of para-hydroxylation sites is 3. The minimum Gasteiger partial charge on any atom is -0.310 e. The second kappa shape index (κ2) is 11.9. The first-order chi connectivity index (χ1) is 27.4. The van der Waals surface area contributed by atoms with E-state index in [9.17, 15) is 0 Å². The number of benzene rings is 8. The Kier molecular flexibility index (Phi) is 5.69. The summed E-state index contributed by atoms with van der Waals surface area (Å²) in [5, 5.41) is 2.37. The highest BCUT2D eigenvalue weighted by molar-refractivity contribution is 6.10. The van der Waals surface area contributed by atoms with E-state index in [1.807, 2.05) is 54.6 Å². The van der Waals surface area contributed by atoms with Crippen LogP contribution in [0.3, 0.4) is 0 Å². The van der Waals surface area contributed by atoms with Crippen LogP contribution in [0.25, 0.3) is 49.7 Å². The molecule has 240 valence electrons. The molecule has 10 rings (SSSR count). The number of hydrogen-bond acceptors (Lipinski definition) is 2. The largest absolute Gasteiger partial charge is 0.310 e. The van der Waals surface area contributed by atoms with Crippen LogP contribution < -0.4 is 9.80 Å². The van der Waals surface area contributed by atoms with Gasteiger partial charge in [-0.3, -0.25) is 0 Å². The average Bonchev–Trinajstić information content (AvgIpc) is 3.58. The molecule has 0 fully saturated rings. The highest BCUT2D eigenvalue weighted by Crippen LogP contribution is 2.43. The van der Waals surface area contributed by atoms with Gasteiger partial charge in [-0.1, -0.05) is 109 Å². The van der Waals surface area contributed by atoms with E-state index in [1.165, 1.54) is 10.8 Å². The number of anilines is 6. The predicted molar refractivity (Wildman–Crippen MR) is 215 cm³/mol. The van der Waals surface area contributed by atoms with Crippen LogP contribution in [-0.4, -0.2) is 4.57 Å². The lowest BCUT2D eigenvalue weighted by atomic mass is 10.00. The number of nitrogens with zero attached hydrogens (tertiary/aromatic N) is 3. The van der Waals surface area contributed by atoms with Crippen LogP contribution in [0, 0.1) is 0 Å². The topological polar surface area (TPSA) is 11.4 Å². The molecule has 51 heavy (non-hydrogen) atoms. The molecule has 0 atom stereocenters. The molecule has 0 saturated carbocycles. The first kappa shape index (κ1) is 24.3. The van der Waals surface area contributed by atoms with Crippen molar-refractivity contribution in [2.24, 2.45) is 0 Å². The Labute approximate surface area is 304 Å². The highest BCUT2D eigenvalue weighted by atomic mass is 15.1. The van der Waals surface area contributed by atoms with Gasteiger partial charge in [0.2, 0.25) is 0 Å². The van der Waals surface area contributed by atoms with Crippen molar-refractivity contribution < 1.29 is 6.85 Å². The Morgan fingerprint density at radius 1 is 0.314 bits per heavy atom. The van der Waals surface area contributed by atoms with Crippen molar-refractivity contribution in [2.45, 2.75) is 0 Å². The molecule has 0 N–H and O–H groups in total. The third kappa shape index (κ3) is 4.98. The normalized spacial score (nSPS) is 13.6. The van der Waals surface area contributed by atoms with E-state index in [4.69, 9.17) is 6.85 Å². The van der Waals surface area contributed by atoms with Gasteiger partial charge in [0.15, 0.2) is 0 Å². The molecule has 0 saturated heterocycles. The summed E-state index contributed by atoms with van der Waals surface area (Å²) in [5.74, 6) is 0. The molecule has 1 aliphatic rings. The molecule has 3 nitrogen and oxygen atoms in total. The van der Waals surface area contributed by atoms with Crippen molar-refractivity contribution in [2.75, 3.05) is 9.80 Å². The SMILES string of the molecule is [2H]c1c([2H])c([2H])c(N2c3cccc(c3)-c3cccc(c3)N(c3ccc4c5ccccc5n(-c5ccccc5)c4c3)c3cccc(c3)-c3cccc2c3)c([2H])c1[2H]. The lowest BCUT2D eigenvalue weighted by Gasteiger charge is -2.28. The quantitative estimate of drug-likeness (QED) is 0.187. The fraction of sp³-hybridized carbons (Fsp3) is 0. The van der Waals surface area contributed by atoms with Crippen molar-refractivity contribution in [3.63, 3.8) is 0 Å². The predicted octanol–water partition coefficient (Wildman–Crippen LogP) is 13.4. The Balaban J connectivity index is 1.23. The summed E-state index contributed by atoms with van der Waals surface area (Å²) >= 11 is 0. The van der Waals surface area contributed by atoms with E-state index >= 15 is 0 Å². The molecule has 0 amide bonds. The average molecular weight is 657 g/mol. The summed E-state index contributed by atoms with van der Waals surface area (Å²) in [6, 6.07) is 56.8. The third-order valence-electron chi connectivity index (χ3n) is 9.72. The summed E-state index contributed by atoms with van der Waals surface area (Å²) in [6.07, 6.45) is 0. The van der Waals surface area contributed by atoms with Crippen molar-refractivity contribution in [3.05, 3.63) is 200 Å². The molecule has 9 aromatic rings. The van der Waals surface area contributed by atoms with E-state index in [0.29, 0.717) is 11.4 Å². The molecular weight excluding hydrogens is 619 g/mol. The van der Waals surface area contributed by atoms with Gasteiger partial charge in [0, 0.05) is 50.6 Å². The van der Waals surface area contributed by atoms with E-state index in [1.54, 1.807) is 4.90 Å². The molecule has 2 heterocycles. The van der Waals surface area contributed by atoms with Gasteiger partial charge in [-0.25, -0.2) is 0 Å². The maximum absolute atomic E-state index is 8.96. The zero-order valence-corrected chi connectivity index (χ0v) is 27.5. The van der Waals surface area contributed by atoms with E-state index in [2.05, 4.69) is 125 Å². The fourth-order valence-corrected chi connectivity index (χ4v) is 7.46. The van der Waals surface area contributed by atoms with Crippen LogP contribution in [-0.2, 0) is 0 Å². The molecule has 1 aromatic heterocycles. The number of rotatable bonds is 3. The monoisotopic (exact) mass is 656 g/mol. The van der Waals surface area contributed by atoms with Gasteiger partial charge in [-0.05, 0) is 113 Å². The lowest BCUT2D eigenvalue weighted by molar-refractivity contribution is 1.18. The van der Waals surface area contributed by atoms with E-state index in [-0.39, 0.29) is 29.9 Å². The standard InChI is InChI=1S/C48H33N3/c1-3-17-38(18-4-1)49-40-21-9-13-34(29-40)36-15-11-23-42(31-36)50(43-24-12-16-37(32-43)35-14-10-22-41(49)30-35)44-27-28-46-45-25-7-8-26-47(45)51(48(46)33-44)39-19-5-2-6-20-39/h1-33H/i1D,3D,4D,17D,18D. The first-order valence-corrected chi connectivity index (χ1v) is 17.0. The fourth-order valence-electron chi connectivity index (χ4n) is 7.46. The zero-order valence-electron chi connectivity index (χ0n) is 32.5. The van der Waals surface area contributed by atoms with Crippen LogP contribution in [0.1, 0.15) is 6.85 Å². The van der Waals surface area contributed by atoms with Crippen molar-refractivity contribution in [3.8, 4) is 27.9 Å². The lowest BCUT2D eigenvalue weighted by Crippen LogP contribution is -2.11. The van der Waals surface area contributed by atoms with E-state index < -0.39 is 6.04 Å². The van der Waals surface area contributed by atoms with Gasteiger partial charge >= 0.3 is 0 Å². The summed E-state index contributed by atoms with van der Waals surface area (Å²) in [6.45, 7) is 0. The van der Waals surface area contributed by atoms with Crippen LogP contribution in [0.15, 0.2) is 200 Å². The molecule has 3 heteroatoms. The van der Waals surface area contributed by atoms with Crippen LogP contribution in [0.2, 0.25) is 0 Å². The van der Waals surface area contributed by atoms with Gasteiger partial charge in [-0.15, -0.1) is 0 Å². The van der Waals surface area contributed by atoms with Gasteiger partial charge in [0.05, 0.1) is 17.9 Å². The Morgan fingerprint density at radius 2 is 0.765 bits per heavy atom. The van der Waals surface area contributed by atoms with E-state index in [0.717, 1.165) is 56.0 Å². The first-order valence-electron chi connectivity index (χ1n) is 19.5. The summed E-state index contributed by atoms with van der Waals surface area (Å²) in [7, 11) is 0. The minimum atomic E-state index is -0.424. The Bertz CT molecular complexity index is 2890. The van der Waals surface area contributed by atoms with Crippen molar-refractivity contribution >= 4 is 55.9 Å². The highest BCUT2D eigenvalue weighted by Gasteiger charge is 2.20. The second-order valence-electron chi connectivity index (χ2n) is 12.7. The minimum absolute atomic E-state index is 0.0920. The molecule has 0 aliphatic carbocycles. The number of fused-ring (bicyclic) bond motifs is 13. The zero-order chi connectivity index (χ0) is 38.1. The van der Waals surface area contributed by atoms with Crippen LogP contribution in [0.4, 0.5) is 34.1 Å². The number of aromatic nitrogens is 1. The summed E-state index contributed by atoms with van der Waals surface area (Å²) in [4.78, 5) is 4.08. The molecule has 8 aromatic carbocycles. The van der Waals surface area contributed by atoms with Crippen LogP contribution >= 0.6 is 0 Å². The molecule has 0 spiro atoms. The Hall–Kier alpha value is -6.84. The molecule has 8 bridgehead atoms. The molecule has 0 radical (unpaired) electrons. The molecular formula is C48H33N3. The van der Waals surface area contributed by atoms with Gasteiger partial charge in [0.25, 0.3) is 0 Å². The molecule has 0 unspecified atom stereocenters. The summed E-state index contributed by atoms with van der Waals surface area (Å²) < 4.78 is 45.6. The van der Waals surface area contributed by atoms with Gasteiger partial charge in [-0.2, -0.15) is 0 Å². The second-order valence-corrected chi connectivity index (χ2v) is 12.7. The van der Waals surface area contributed by atoms with Gasteiger partial charge < -0.3 is 14.4 Å².